The lowest BCUT2D eigenvalue weighted by Gasteiger charge is -2.25. The van der Waals surface area contributed by atoms with Gasteiger partial charge in [-0.2, -0.15) is 0 Å². The second kappa shape index (κ2) is 4.31. The second-order valence-electron chi connectivity index (χ2n) is 2.64. The van der Waals surface area contributed by atoms with Crippen LogP contribution in [0.3, 0.4) is 0 Å². The Kier molecular flexibility index (Phi) is 3.32. The third-order valence-electron chi connectivity index (χ3n) is 1.76. The molecule has 2 N–H and O–H groups in total. The van der Waals surface area contributed by atoms with Gasteiger partial charge in [0.25, 0.3) is 0 Å². The van der Waals surface area contributed by atoms with Gasteiger partial charge in [0.2, 0.25) is 5.91 Å². The number of hydrogen-bond donors (Lipinski definition) is 2. The minimum absolute atomic E-state index is 0.140. The summed E-state index contributed by atoms with van der Waals surface area (Å²) in [5.74, 6) is 0.327. The third kappa shape index (κ3) is 2.48. The third-order valence-corrected chi connectivity index (χ3v) is 1.76. The van der Waals surface area contributed by atoms with Crippen molar-refractivity contribution in [2.75, 3.05) is 33.4 Å². The summed E-state index contributed by atoms with van der Waals surface area (Å²) in [6.07, 6.45) is 0. The first-order valence-corrected chi connectivity index (χ1v) is 3.82. The van der Waals surface area contributed by atoms with E-state index >= 15 is 0 Å². The summed E-state index contributed by atoms with van der Waals surface area (Å²) in [6, 6.07) is 0. The molecule has 0 atom stereocenters. The van der Waals surface area contributed by atoms with E-state index in [1.165, 1.54) is 0 Å². The highest BCUT2D eigenvalue weighted by Gasteiger charge is 2.23. The van der Waals surface area contributed by atoms with Gasteiger partial charge in [0.1, 0.15) is 0 Å². The molecule has 1 aliphatic rings. The Morgan fingerprint density at radius 2 is 2.45 bits per heavy atom. The molecule has 0 spiro atoms. The smallest absolute Gasteiger partial charge is 0.225 e. The molecule has 1 aliphatic heterocycles. The van der Waals surface area contributed by atoms with Crippen molar-refractivity contribution < 1.29 is 9.53 Å². The van der Waals surface area contributed by atoms with Crippen molar-refractivity contribution in [3.8, 4) is 0 Å². The molecular weight excluding hydrogens is 144 g/mol. The van der Waals surface area contributed by atoms with E-state index in [4.69, 9.17) is 4.74 Å². The van der Waals surface area contributed by atoms with Crippen molar-refractivity contribution in [3.63, 3.8) is 0 Å². The Hall–Kier alpha value is -0.610. The standard InChI is InChI=1S/C7H14N2O2/c1-11-3-2-9-7(10)6-4-8-5-6/h6,8H,2-5H2,1H3,(H,9,10). The summed E-state index contributed by atoms with van der Waals surface area (Å²) in [4.78, 5) is 11.1. The molecule has 0 aromatic rings. The van der Waals surface area contributed by atoms with Crippen molar-refractivity contribution in [1.29, 1.82) is 0 Å². The molecule has 4 nitrogen and oxygen atoms in total. The SMILES string of the molecule is COCCNC(=O)C1CNC1. The van der Waals surface area contributed by atoms with Crippen LogP contribution >= 0.6 is 0 Å². The molecule has 0 aromatic carbocycles. The molecule has 64 valence electrons. The van der Waals surface area contributed by atoms with E-state index in [1.54, 1.807) is 7.11 Å². The highest BCUT2D eigenvalue weighted by Crippen LogP contribution is 2.01. The Bertz CT molecular complexity index is 134. The normalized spacial score (nSPS) is 17.5. The molecule has 0 saturated carbocycles. The molecule has 0 unspecified atom stereocenters. The minimum Gasteiger partial charge on any atom is -0.383 e. The van der Waals surface area contributed by atoms with E-state index in [1.807, 2.05) is 0 Å². The van der Waals surface area contributed by atoms with Gasteiger partial charge in [-0.15, -0.1) is 0 Å². The molecule has 0 radical (unpaired) electrons. The topological polar surface area (TPSA) is 50.4 Å². The summed E-state index contributed by atoms with van der Waals surface area (Å²) < 4.78 is 4.79. The fraction of sp³-hybridized carbons (Fsp3) is 0.857. The van der Waals surface area contributed by atoms with E-state index in [0.29, 0.717) is 13.2 Å². The zero-order chi connectivity index (χ0) is 8.10. The molecule has 1 fully saturated rings. The Morgan fingerprint density at radius 3 is 2.91 bits per heavy atom. The van der Waals surface area contributed by atoms with E-state index in [-0.39, 0.29) is 11.8 Å². The predicted octanol–water partition coefficient (Wildman–Crippen LogP) is -1.03. The van der Waals surface area contributed by atoms with Crippen LogP contribution in [0.1, 0.15) is 0 Å². The van der Waals surface area contributed by atoms with Crippen molar-refractivity contribution in [1.82, 2.24) is 10.6 Å². The first-order valence-electron chi connectivity index (χ1n) is 3.82. The average molecular weight is 158 g/mol. The zero-order valence-corrected chi connectivity index (χ0v) is 6.72. The van der Waals surface area contributed by atoms with Crippen LogP contribution in [0, 0.1) is 5.92 Å². The molecule has 0 aromatic heterocycles. The van der Waals surface area contributed by atoms with Crippen LogP contribution in [0.15, 0.2) is 0 Å². The Morgan fingerprint density at radius 1 is 1.73 bits per heavy atom. The lowest BCUT2D eigenvalue weighted by Crippen LogP contribution is -2.51. The number of ether oxygens (including phenoxy) is 1. The number of methoxy groups -OCH3 is 1. The van der Waals surface area contributed by atoms with Crippen molar-refractivity contribution >= 4 is 5.91 Å². The van der Waals surface area contributed by atoms with Gasteiger partial charge in [0.15, 0.2) is 0 Å². The molecule has 1 rings (SSSR count). The molecule has 0 bridgehead atoms. The maximum atomic E-state index is 11.1. The first kappa shape index (κ1) is 8.49. The van der Waals surface area contributed by atoms with Gasteiger partial charge < -0.3 is 15.4 Å². The summed E-state index contributed by atoms with van der Waals surface area (Å²) in [7, 11) is 1.62. The highest BCUT2D eigenvalue weighted by atomic mass is 16.5. The molecular formula is C7H14N2O2. The van der Waals surface area contributed by atoms with Crippen LogP contribution in [0.2, 0.25) is 0 Å². The zero-order valence-electron chi connectivity index (χ0n) is 6.72. The molecule has 1 heterocycles. The fourth-order valence-corrected chi connectivity index (χ4v) is 0.895. The Labute approximate surface area is 66.3 Å². The minimum atomic E-state index is 0.140. The van der Waals surface area contributed by atoms with Crippen molar-refractivity contribution in [2.45, 2.75) is 0 Å². The molecule has 0 aliphatic carbocycles. The van der Waals surface area contributed by atoms with Gasteiger partial charge in [-0.1, -0.05) is 0 Å². The second-order valence-corrected chi connectivity index (χ2v) is 2.64. The number of nitrogens with one attached hydrogen (secondary N) is 2. The quantitative estimate of drug-likeness (QED) is 0.514. The molecule has 11 heavy (non-hydrogen) atoms. The van der Waals surface area contributed by atoms with Gasteiger partial charge in [-0.25, -0.2) is 0 Å². The van der Waals surface area contributed by atoms with Crippen LogP contribution in [0.25, 0.3) is 0 Å². The van der Waals surface area contributed by atoms with Crippen LogP contribution < -0.4 is 10.6 Å². The average Bonchev–Trinajstić information content (AvgIpc) is 1.84. The van der Waals surface area contributed by atoms with Crippen LogP contribution in [-0.2, 0) is 9.53 Å². The fourth-order valence-electron chi connectivity index (χ4n) is 0.895. The van der Waals surface area contributed by atoms with E-state index < -0.39 is 0 Å². The summed E-state index contributed by atoms with van der Waals surface area (Å²) in [6.45, 7) is 2.84. The van der Waals surface area contributed by atoms with E-state index in [2.05, 4.69) is 10.6 Å². The van der Waals surface area contributed by atoms with Crippen LogP contribution in [0.5, 0.6) is 0 Å². The van der Waals surface area contributed by atoms with Crippen LogP contribution in [0.4, 0.5) is 0 Å². The first-order chi connectivity index (χ1) is 5.34. The van der Waals surface area contributed by atoms with Gasteiger partial charge in [-0.3, -0.25) is 4.79 Å². The largest absolute Gasteiger partial charge is 0.383 e. The number of rotatable bonds is 4. The Balaban J connectivity index is 2.01. The number of hydrogen-bond acceptors (Lipinski definition) is 3. The number of carbonyl (C=O) groups is 1. The number of amides is 1. The monoisotopic (exact) mass is 158 g/mol. The molecule has 1 saturated heterocycles. The lowest BCUT2D eigenvalue weighted by atomic mass is 10.0. The van der Waals surface area contributed by atoms with E-state index in [9.17, 15) is 4.79 Å². The van der Waals surface area contributed by atoms with Crippen LogP contribution in [-0.4, -0.2) is 39.3 Å². The van der Waals surface area contributed by atoms with Crippen molar-refractivity contribution in [2.24, 2.45) is 5.92 Å². The predicted molar refractivity (Wildman–Crippen MR) is 41.2 cm³/mol. The van der Waals surface area contributed by atoms with Crippen molar-refractivity contribution in [3.05, 3.63) is 0 Å². The maximum Gasteiger partial charge on any atom is 0.225 e. The highest BCUT2D eigenvalue weighted by molar-refractivity contribution is 5.79. The summed E-state index contributed by atoms with van der Waals surface area (Å²) in [5, 5.41) is 5.82. The van der Waals surface area contributed by atoms with Gasteiger partial charge in [-0.05, 0) is 0 Å². The summed E-state index contributed by atoms with van der Waals surface area (Å²) >= 11 is 0. The van der Waals surface area contributed by atoms with E-state index in [0.717, 1.165) is 13.1 Å². The maximum absolute atomic E-state index is 11.1. The van der Waals surface area contributed by atoms with Gasteiger partial charge in [0.05, 0.1) is 12.5 Å². The van der Waals surface area contributed by atoms with Gasteiger partial charge in [0, 0.05) is 26.7 Å². The lowest BCUT2D eigenvalue weighted by molar-refractivity contribution is -0.126. The molecule has 4 heteroatoms. The van der Waals surface area contributed by atoms with Gasteiger partial charge >= 0.3 is 0 Å². The molecule has 1 amide bonds. The summed E-state index contributed by atoms with van der Waals surface area (Å²) in [5.41, 5.74) is 0. The number of carbonyl (C=O) groups excluding carboxylic acids is 1.